The summed E-state index contributed by atoms with van der Waals surface area (Å²) in [6.07, 6.45) is -0.420. The van der Waals surface area contributed by atoms with Gasteiger partial charge in [0.1, 0.15) is 11.6 Å². The van der Waals surface area contributed by atoms with Crippen LogP contribution in [0.25, 0.3) is 0 Å². The van der Waals surface area contributed by atoms with Gasteiger partial charge in [0.25, 0.3) is 5.91 Å². The van der Waals surface area contributed by atoms with E-state index >= 15 is 0 Å². The van der Waals surface area contributed by atoms with Gasteiger partial charge in [-0.2, -0.15) is 0 Å². The number of carbonyl (C=O) groups is 1. The summed E-state index contributed by atoms with van der Waals surface area (Å²) >= 11 is 0. The monoisotopic (exact) mass is 289 g/mol. The molecule has 108 valence electrons. The van der Waals surface area contributed by atoms with E-state index in [4.69, 9.17) is 9.36 Å². The van der Waals surface area contributed by atoms with Gasteiger partial charge in [-0.25, -0.2) is 4.39 Å². The number of aromatic nitrogens is 1. The zero-order chi connectivity index (χ0) is 14.8. The predicted molar refractivity (Wildman–Crippen MR) is 72.3 cm³/mol. The van der Waals surface area contributed by atoms with Crippen molar-refractivity contribution in [2.45, 2.75) is 19.4 Å². The molecule has 2 heterocycles. The molecule has 2 aromatic rings. The van der Waals surface area contributed by atoms with Crippen LogP contribution < -0.4 is 5.32 Å². The van der Waals surface area contributed by atoms with Crippen LogP contribution in [0.1, 0.15) is 17.7 Å². The fourth-order valence-corrected chi connectivity index (χ4v) is 1.96. The molecule has 1 aromatic carbocycles. The minimum absolute atomic E-state index is 0.314. The van der Waals surface area contributed by atoms with Gasteiger partial charge in [-0.1, -0.05) is 22.4 Å². The third-order valence-corrected chi connectivity index (χ3v) is 3.02. The number of rotatable bonds is 3. The molecule has 6 nitrogen and oxygen atoms in total. The van der Waals surface area contributed by atoms with Crippen LogP contribution in [0.15, 0.2) is 40.0 Å². The van der Waals surface area contributed by atoms with Crippen molar-refractivity contribution in [3.63, 3.8) is 0 Å². The van der Waals surface area contributed by atoms with Crippen molar-refractivity contribution in [3.8, 4) is 0 Å². The van der Waals surface area contributed by atoms with Crippen molar-refractivity contribution in [2.75, 3.05) is 5.32 Å². The quantitative estimate of drug-likeness (QED) is 0.940. The summed E-state index contributed by atoms with van der Waals surface area (Å²) in [7, 11) is 0. The van der Waals surface area contributed by atoms with Gasteiger partial charge in [0.15, 0.2) is 5.82 Å². The Morgan fingerprint density at radius 1 is 1.38 bits per heavy atom. The Bertz CT molecular complexity index is 694. The van der Waals surface area contributed by atoms with E-state index in [0.717, 1.165) is 5.56 Å². The lowest BCUT2D eigenvalue weighted by molar-refractivity contribution is -0.125. The second-order valence-corrected chi connectivity index (χ2v) is 4.66. The van der Waals surface area contributed by atoms with E-state index in [9.17, 15) is 9.18 Å². The highest BCUT2D eigenvalue weighted by Gasteiger charge is 2.29. The van der Waals surface area contributed by atoms with Crippen molar-refractivity contribution in [1.82, 2.24) is 5.16 Å². The molecule has 1 N–H and O–H groups in total. The first-order chi connectivity index (χ1) is 10.1. The Morgan fingerprint density at radius 3 is 2.81 bits per heavy atom. The maximum absolute atomic E-state index is 12.9. The van der Waals surface area contributed by atoms with Crippen molar-refractivity contribution >= 4 is 17.4 Å². The third-order valence-electron chi connectivity index (χ3n) is 3.02. The normalized spacial score (nSPS) is 17.2. The molecule has 0 unspecified atom stereocenters. The Hall–Kier alpha value is -2.70. The molecule has 1 aliphatic heterocycles. The second kappa shape index (κ2) is 5.35. The van der Waals surface area contributed by atoms with Gasteiger partial charge in [-0.15, -0.1) is 0 Å². The Balaban J connectivity index is 1.63. The van der Waals surface area contributed by atoms with E-state index < -0.39 is 6.10 Å². The molecule has 1 aliphatic rings. The minimum atomic E-state index is -0.734. The van der Waals surface area contributed by atoms with Crippen LogP contribution >= 0.6 is 0 Å². The molecule has 0 bridgehead atoms. The number of aryl methyl sites for hydroxylation is 1. The smallest absolute Gasteiger partial charge is 0.269 e. The summed E-state index contributed by atoms with van der Waals surface area (Å²) < 4.78 is 17.7. The van der Waals surface area contributed by atoms with Crippen molar-refractivity contribution < 1.29 is 18.5 Å². The molecule has 0 aliphatic carbocycles. The SMILES string of the molecule is Cc1cc(NC(=O)[C@H]2CC(c3ccc(F)cc3)=NO2)no1. The van der Waals surface area contributed by atoms with Crippen molar-refractivity contribution in [1.29, 1.82) is 0 Å². The van der Waals surface area contributed by atoms with E-state index in [1.54, 1.807) is 25.1 Å². The molecule has 21 heavy (non-hydrogen) atoms. The summed E-state index contributed by atoms with van der Waals surface area (Å²) in [6, 6.07) is 7.47. The van der Waals surface area contributed by atoms with Crippen LogP contribution in [0.2, 0.25) is 0 Å². The highest BCUT2D eigenvalue weighted by atomic mass is 19.1. The van der Waals surface area contributed by atoms with Gasteiger partial charge < -0.3 is 14.7 Å². The lowest BCUT2D eigenvalue weighted by Crippen LogP contribution is -2.28. The number of nitrogens with zero attached hydrogens (tertiary/aromatic N) is 2. The highest BCUT2D eigenvalue weighted by molar-refractivity contribution is 6.05. The summed E-state index contributed by atoms with van der Waals surface area (Å²) in [5.74, 6) is 0.246. The van der Waals surface area contributed by atoms with Gasteiger partial charge in [0, 0.05) is 12.5 Å². The van der Waals surface area contributed by atoms with Crippen LogP contribution in [-0.4, -0.2) is 22.9 Å². The van der Waals surface area contributed by atoms with Crippen molar-refractivity contribution in [2.24, 2.45) is 5.16 Å². The summed E-state index contributed by atoms with van der Waals surface area (Å²) in [6.45, 7) is 1.73. The molecule has 0 saturated carbocycles. The topological polar surface area (TPSA) is 76.7 Å². The second-order valence-electron chi connectivity index (χ2n) is 4.66. The molecule has 3 rings (SSSR count). The number of hydrogen-bond donors (Lipinski definition) is 1. The number of anilines is 1. The molecule has 1 aromatic heterocycles. The molecule has 0 saturated heterocycles. The summed E-state index contributed by atoms with van der Waals surface area (Å²) in [5.41, 5.74) is 1.33. The molecule has 7 heteroatoms. The lowest BCUT2D eigenvalue weighted by Gasteiger charge is -2.06. The molecule has 1 amide bonds. The number of nitrogens with one attached hydrogen (secondary N) is 1. The van der Waals surface area contributed by atoms with E-state index in [1.807, 2.05) is 0 Å². The number of halogens is 1. The van der Waals surface area contributed by atoms with Crippen LogP contribution in [0, 0.1) is 12.7 Å². The number of hydrogen-bond acceptors (Lipinski definition) is 5. The summed E-state index contributed by atoms with van der Waals surface area (Å²) in [4.78, 5) is 17.1. The zero-order valence-corrected chi connectivity index (χ0v) is 11.2. The fraction of sp³-hybridized carbons (Fsp3) is 0.214. The molecule has 0 fully saturated rings. The first kappa shape index (κ1) is 13.3. The Morgan fingerprint density at radius 2 is 2.14 bits per heavy atom. The standard InChI is InChI=1S/C14H12FN3O3/c1-8-6-13(18-20-8)16-14(19)12-7-11(17-21-12)9-2-4-10(15)5-3-9/h2-6,12H,7H2,1H3,(H,16,18,19)/t12-/m1/s1. The van der Waals surface area contributed by atoms with Crippen LogP contribution in [-0.2, 0) is 9.63 Å². The number of amides is 1. The fourth-order valence-electron chi connectivity index (χ4n) is 1.96. The molecular formula is C14H12FN3O3. The Kier molecular flexibility index (Phi) is 3.39. The summed E-state index contributed by atoms with van der Waals surface area (Å²) in [5, 5.41) is 10.1. The highest BCUT2D eigenvalue weighted by Crippen LogP contribution is 2.18. The zero-order valence-electron chi connectivity index (χ0n) is 11.2. The average molecular weight is 289 g/mol. The molecule has 0 spiro atoms. The minimum Gasteiger partial charge on any atom is -0.382 e. The number of oxime groups is 1. The van der Waals surface area contributed by atoms with Crippen LogP contribution in [0.3, 0.4) is 0 Å². The third kappa shape index (κ3) is 2.91. The molecule has 0 radical (unpaired) electrons. The van der Waals surface area contributed by atoms with Gasteiger partial charge in [0.2, 0.25) is 6.10 Å². The number of carbonyl (C=O) groups excluding carboxylic acids is 1. The van der Waals surface area contributed by atoms with Gasteiger partial charge >= 0.3 is 0 Å². The van der Waals surface area contributed by atoms with Crippen LogP contribution in [0.5, 0.6) is 0 Å². The maximum atomic E-state index is 12.9. The van der Waals surface area contributed by atoms with E-state index in [-0.39, 0.29) is 11.7 Å². The van der Waals surface area contributed by atoms with Crippen molar-refractivity contribution in [3.05, 3.63) is 47.5 Å². The van der Waals surface area contributed by atoms with E-state index in [0.29, 0.717) is 23.7 Å². The maximum Gasteiger partial charge on any atom is 0.269 e. The number of benzene rings is 1. The first-order valence-electron chi connectivity index (χ1n) is 6.34. The first-order valence-corrected chi connectivity index (χ1v) is 6.34. The Labute approximate surface area is 119 Å². The van der Waals surface area contributed by atoms with Gasteiger partial charge in [0.05, 0.1) is 5.71 Å². The van der Waals surface area contributed by atoms with Crippen LogP contribution in [0.4, 0.5) is 10.2 Å². The lowest BCUT2D eigenvalue weighted by atomic mass is 10.0. The van der Waals surface area contributed by atoms with Gasteiger partial charge in [-0.05, 0) is 24.6 Å². The predicted octanol–water partition coefficient (Wildman–Crippen LogP) is 2.25. The van der Waals surface area contributed by atoms with E-state index in [1.165, 1.54) is 12.1 Å². The van der Waals surface area contributed by atoms with E-state index in [2.05, 4.69) is 15.6 Å². The largest absolute Gasteiger partial charge is 0.382 e. The van der Waals surface area contributed by atoms with Gasteiger partial charge in [-0.3, -0.25) is 4.79 Å². The average Bonchev–Trinajstić information content (AvgIpc) is 3.09. The molecule has 1 atom stereocenters. The molecular weight excluding hydrogens is 277 g/mol.